The smallest absolute Gasteiger partial charge is 0.254 e. The number of piperidine rings is 1. The zero-order valence-corrected chi connectivity index (χ0v) is 18.6. The number of hydrogen-bond acceptors (Lipinski definition) is 5. The van der Waals surface area contributed by atoms with E-state index < -0.39 is 5.92 Å². The molecule has 164 valence electrons. The Labute approximate surface area is 182 Å². The highest BCUT2D eigenvalue weighted by Gasteiger charge is 2.26. The number of allylic oxidation sites excluding steroid dienone is 1. The van der Waals surface area contributed by atoms with Crippen molar-refractivity contribution in [1.29, 1.82) is 0 Å². The minimum Gasteiger partial charge on any atom is -0.351 e. The highest BCUT2D eigenvalue weighted by Crippen LogP contribution is 2.29. The molecule has 1 atom stereocenters. The molecule has 0 aromatic carbocycles. The molecule has 2 aliphatic rings. The van der Waals surface area contributed by atoms with Gasteiger partial charge in [0.25, 0.3) is 11.8 Å². The number of aliphatic imine (C=N–C) groups is 1. The van der Waals surface area contributed by atoms with E-state index in [0.29, 0.717) is 17.2 Å². The van der Waals surface area contributed by atoms with Crippen LogP contribution in [0.25, 0.3) is 11.0 Å². The van der Waals surface area contributed by atoms with E-state index in [9.17, 15) is 9.59 Å². The second kappa shape index (κ2) is 8.70. The normalized spacial score (nSPS) is 20.2. The van der Waals surface area contributed by atoms with Crippen molar-refractivity contribution in [1.82, 2.24) is 25.4 Å². The molecule has 0 radical (unpaired) electrons. The predicted octanol–water partition coefficient (Wildman–Crippen LogP) is 2.77. The van der Waals surface area contributed by atoms with Crippen LogP contribution in [0.1, 0.15) is 68.5 Å². The van der Waals surface area contributed by atoms with Crippen molar-refractivity contribution in [2.75, 3.05) is 19.6 Å². The Morgan fingerprint density at radius 2 is 2.03 bits per heavy atom. The third kappa shape index (κ3) is 4.30. The summed E-state index contributed by atoms with van der Waals surface area (Å²) in [5.74, 6) is -0.527. The molecule has 1 saturated heterocycles. The first-order chi connectivity index (χ1) is 14.8. The van der Waals surface area contributed by atoms with E-state index in [1.165, 1.54) is 0 Å². The highest BCUT2D eigenvalue weighted by atomic mass is 16.2. The fourth-order valence-electron chi connectivity index (χ4n) is 4.38. The van der Waals surface area contributed by atoms with Crippen LogP contribution in [-0.2, 0) is 4.79 Å². The zero-order chi connectivity index (χ0) is 22.1. The molecule has 2 aromatic rings. The maximum Gasteiger partial charge on any atom is 0.254 e. The van der Waals surface area contributed by atoms with E-state index in [2.05, 4.69) is 34.6 Å². The van der Waals surface area contributed by atoms with Gasteiger partial charge < -0.3 is 10.6 Å². The number of dihydropyridines is 1. The molecule has 0 saturated carbocycles. The van der Waals surface area contributed by atoms with E-state index >= 15 is 0 Å². The van der Waals surface area contributed by atoms with Gasteiger partial charge in [0.05, 0.1) is 23.1 Å². The second-order valence-corrected chi connectivity index (χ2v) is 8.78. The molecule has 8 nitrogen and oxygen atoms in total. The van der Waals surface area contributed by atoms with Crippen LogP contribution in [0.5, 0.6) is 0 Å². The molecule has 1 unspecified atom stereocenters. The molecule has 2 N–H and O–H groups in total. The van der Waals surface area contributed by atoms with E-state index in [1.54, 1.807) is 13.1 Å². The van der Waals surface area contributed by atoms with Crippen LogP contribution in [0.2, 0.25) is 0 Å². The maximum atomic E-state index is 13.2. The lowest BCUT2D eigenvalue weighted by atomic mass is 9.92. The van der Waals surface area contributed by atoms with Crippen molar-refractivity contribution in [3.8, 4) is 0 Å². The summed E-state index contributed by atoms with van der Waals surface area (Å²) in [7, 11) is 0. The number of nitrogens with one attached hydrogen (secondary N) is 2. The fourth-order valence-corrected chi connectivity index (χ4v) is 4.38. The summed E-state index contributed by atoms with van der Waals surface area (Å²) < 4.78 is 1.87. The van der Waals surface area contributed by atoms with Crippen LogP contribution in [0.15, 0.2) is 28.9 Å². The Bertz CT molecular complexity index is 1080. The molecule has 2 aromatic heterocycles. The van der Waals surface area contributed by atoms with Crippen molar-refractivity contribution in [2.24, 2.45) is 10.9 Å². The van der Waals surface area contributed by atoms with Gasteiger partial charge in [-0.3, -0.25) is 9.59 Å². The number of rotatable bonds is 5. The third-order valence-corrected chi connectivity index (χ3v) is 6.12. The van der Waals surface area contributed by atoms with Gasteiger partial charge in [-0.15, -0.1) is 0 Å². The molecular formula is C23H30N6O2. The topological polar surface area (TPSA) is 101 Å². The molecule has 0 spiro atoms. The molecule has 31 heavy (non-hydrogen) atoms. The van der Waals surface area contributed by atoms with E-state index in [1.807, 2.05) is 23.7 Å². The molecule has 4 heterocycles. The minimum absolute atomic E-state index is 0.137. The number of carbonyl (C=O) groups is 2. The summed E-state index contributed by atoms with van der Waals surface area (Å²) in [6.45, 7) is 9.93. The van der Waals surface area contributed by atoms with Crippen LogP contribution >= 0.6 is 0 Å². The number of fused-ring (bicyclic) bond motifs is 1. The molecule has 2 amide bonds. The van der Waals surface area contributed by atoms with Crippen molar-refractivity contribution in [3.63, 3.8) is 0 Å². The lowest BCUT2D eigenvalue weighted by Gasteiger charge is -2.23. The van der Waals surface area contributed by atoms with Crippen molar-refractivity contribution in [2.45, 2.75) is 52.5 Å². The van der Waals surface area contributed by atoms with Crippen molar-refractivity contribution < 1.29 is 9.59 Å². The van der Waals surface area contributed by atoms with Gasteiger partial charge in [-0.1, -0.05) is 5.57 Å². The number of aromatic nitrogens is 3. The second-order valence-electron chi connectivity index (χ2n) is 8.78. The summed E-state index contributed by atoms with van der Waals surface area (Å²) >= 11 is 0. The van der Waals surface area contributed by atoms with Gasteiger partial charge in [-0.2, -0.15) is 5.10 Å². The monoisotopic (exact) mass is 422 g/mol. The SMILES string of the molecule is CC1=CC(C)=NC(=O)C1CNC(=O)c1cc(C2CCNCC2)nc2c1cnn2C(C)C. The lowest BCUT2D eigenvalue weighted by Crippen LogP contribution is -2.35. The third-order valence-electron chi connectivity index (χ3n) is 6.12. The first kappa shape index (κ1) is 21.4. The van der Waals surface area contributed by atoms with Crippen LogP contribution in [0.4, 0.5) is 0 Å². The summed E-state index contributed by atoms with van der Waals surface area (Å²) in [4.78, 5) is 34.5. The van der Waals surface area contributed by atoms with Crippen LogP contribution in [0, 0.1) is 5.92 Å². The fraction of sp³-hybridized carbons (Fsp3) is 0.522. The quantitative estimate of drug-likeness (QED) is 0.772. The Kier molecular flexibility index (Phi) is 6.00. The summed E-state index contributed by atoms with van der Waals surface area (Å²) in [5, 5.41) is 11.6. The average Bonchev–Trinajstić information content (AvgIpc) is 3.17. The van der Waals surface area contributed by atoms with Gasteiger partial charge in [-0.25, -0.2) is 14.7 Å². The molecule has 0 bridgehead atoms. The first-order valence-corrected chi connectivity index (χ1v) is 11.0. The van der Waals surface area contributed by atoms with Gasteiger partial charge in [0.1, 0.15) is 0 Å². The molecule has 1 fully saturated rings. The van der Waals surface area contributed by atoms with Gasteiger partial charge >= 0.3 is 0 Å². The van der Waals surface area contributed by atoms with Gasteiger partial charge in [0.15, 0.2) is 5.65 Å². The molecular weight excluding hydrogens is 392 g/mol. The molecule has 2 aliphatic heterocycles. The van der Waals surface area contributed by atoms with Gasteiger partial charge in [0.2, 0.25) is 0 Å². The van der Waals surface area contributed by atoms with Crippen molar-refractivity contribution in [3.05, 3.63) is 35.2 Å². The number of carbonyl (C=O) groups excluding carboxylic acids is 2. The molecule has 8 heteroatoms. The van der Waals surface area contributed by atoms with E-state index in [-0.39, 0.29) is 24.4 Å². The summed E-state index contributed by atoms with van der Waals surface area (Å²) in [6, 6.07) is 2.05. The Morgan fingerprint density at radius 1 is 1.29 bits per heavy atom. The first-order valence-electron chi connectivity index (χ1n) is 11.0. The van der Waals surface area contributed by atoms with E-state index in [4.69, 9.17) is 4.98 Å². The largest absolute Gasteiger partial charge is 0.351 e. The summed E-state index contributed by atoms with van der Waals surface area (Å²) in [5.41, 5.74) is 3.86. The lowest BCUT2D eigenvalue weighted by molar-refractivity contribution is -0.120. The maximum absolute atomic E-state index is 13.2. The molecule has 0 aliphatic carbocycles. The van der Waals surface area contributed by atoms with Crippen molar-refractivity contribution >= 4 is 28.6 Å². The van der Waals surface area contributed by atoms with Crippen LogP contribution in [0.3, 0.4) is 0 Å². The summed E-state index contributed by atoms with van der Waals surface area (Å²) in [6.07, 6.45) is 5.60. The predicted molar refractivity (Wildman–Crippen MR) is 120 cm³/mol. The Morgan fingerprint density at radius 3 is 2.71 bits per heavy atom. The van der Waals surface area contributed by atoms with Gasteiger partial charge in [0, 0.05) is 29.9 Å². The number of nitrogens with zero attached hydrogens (tertiary/aromatic N) is 4. The van der Waals surface area contributed by atoms with E-state index in [0.717, 1.165) is 48.2 Å². The van der Waals surface area contributed by atoms with Crippen LogP contribution < -0.4 is 10.6 Å². The number of hydrogen-bond donors (Lipinski definition) is 2. The Balaban J connectivity index is 1.64. The average molecular weight is 423 g/mol. The zero-order valence-electron chi connectivity index (χ0n) is 18.6. The van der Waals surface area contributed by atoms with Crippen LogP contribution in [-0.4, -0.2) is 51.9 Å². The number of amides is 2. The van der Waals surface area contributed by atoms with Gasteiger partial charge in [-0.05, 0) is 65.8 Å². The highest BCUT2D eigenvalue weighted by molar-refractivity contribution is 6.07. The Hall–Kier alpha value is -2.87. The minimum atomic E-state index is -0.424. The number of pyridine rings is 1. The standard InChI is InChI=1S/C23H30N6O2/c1-13(2)29-21-19(12-26-29)17(10-20(28-21)16-5-7-24-8-6-16)22(30)25-11-18-14(3)9-15(4)27-23(18)31/h9-10,12-13,16,18,24H,5-8,11H2,1-4H3,(H,25,30). The molecule has 4 rings (SSSR count).